The highest BCUT2D eigenvalue weighted by molar-refractivity contribution is 7.13. The van der Waals surface area contributed by atoms with Gasteiger partial charge in [0, 0.05) is 17.1 Å². The summed E-state index contributed by atoms with van der Waals surface area (Å²) in [6.45, 7) is 3.74. The van der Waals surface area contributed by atoms with Gasteiger partial charge in [0.25, 0.3) is 0 Å². The second-order valence-electron chi connectivity index (χ2n) is 3.03. The van der Waals surface area contributed by atoms with Crippen LogP contribution in [0.25, 0.3) is 10.6 Å². The summed E-state index contributed by atoms with van der Waals surface area (Å²) in [5.74, 6) is 0. The van der Waals surface area contributed by atoms with E-state index in [1.807, 2.05) is 17.7 Å². The van der Waals surface area contributed by atoms with Gasteiger partial charge in [0.15, 0.2) is 0 Å². The van der Waals surface area contributed by atoms with Crippen molar-refractivity contribution in [2.45, 2.75) is 6.42 Å². The highest BCUT2D eigenvalue weighted by atomic mass is 32.1. The molecule has 2 rings (SSSR count). The molecular formula is C12H11NS. The summed E-state index contributed by atoms with van der Waals surface area (Å²) in [5, 5.41) is 3.08. The molecule has 14 heavy (non-hydrogen) atoms. The molecule has 0 aliphatic carbocycles. The molecule has 2 aromatic rings. The fraction of sp³-hybridized carbons (Fsp3) is 0.0833. The van der Waals surface area contributed by atoms with Crippen molar-refractivity contribution in [3.8, 4) is 10.6 Å². The average molecular weight is 201 g/mol. The molecule has 0 radical (unpaired) electrons. The minimum absolute atomic E-state index is 0.916. The zero-order valence-electron chi connectivity index (χ0n) is 7.81. The van der Waals surface area contributed by atoms with Crippen molar-refractivity contribution in [2.75, 3.05) is 0 Å². The average Bonchev–Trinajstić information content (AvgIpc) is 2.71. The van der Waals surface area contributed by atoms with Crippen molar-refractivity contribution in [3.63, 3.8) is 0 Å². The number of thiazole rings is 1. The second kappa shape index (κ2) is 4.20. The third-order valence-electron chi connectivity index (χ3n) is 1.99. The molecule has 0 aliphatic rings. The molecule has 0 amide bonds. The van der Waals surface area contributed by atoms with Crippen molar-refractivity contribution in [1.29, 1.82) is 0 Å². The molecule has 2 heteroatoms. The highest BCUT2D eigenvalue weighted by Crippen LogP contribution is 2.22. The van der Waals surface area contributed by atoms with Gasteiger partial charge in [0.05, 0.1) is 0 Å². The van der Waals surface area contributed by atoms with Crippen molar-refractivity contribution in [2.24, 2.45) is 0 Å². The van der Waals surface area contributed by atoms with Gasteiger partial charge in [0.2, 0.25) is 0 Å². The lowest BCUT2D eigenvalue weighted by Crippen LogP contribution is -1.82. The number of hydrogen-bond donors (Lipinski definition) is 0. The van der Waals surface area contributed by atoms with Crippen molar-refractivity contribution in [3.05, 3.63) is 54.1 Å². The van der Waals surface area contributed by atoms with E-state index in [1.165, 1.54) is 11.1 Å². The first-order chi connectivity index (χ1) is 6.90. The third kappa shape index (κ3) is 1.91. The van der Waals surface area contributed by atoms with Gasteiger partial charge in [-0.25, -0.2) is 4.98 Å². The van der Waals surface area contributed by atoms with E-state index in [9.17, 15) is 0 Å². The predicted octanol–water partition coefficient (Wildman–Crippen LogP) is 3.54. The first-order valence-electron chi connectivity index (χ1n) is 4.50. The Morgan fingerprint density at radius 1 is 1.43 bits per heavy atom. The number of aromatic nitrogens is 1. The van der Waals surface area contributed by atoms with Gasteiger partial charge in [-0.15, -0.1) is 17.9 Å². The van der Waals surface area contributed by atoms with Gasteiger partial charge in [-0.2, -0.15) is 0 Å². The largest absolute Gasteiger partial charge is 0.245 e. The molecule has 0 spiro atoms. The van der Waals surface area contributed by atoms with E-state index in [0.29, 0.717) is 0 Å². The first kappa shape index (κ1) is 9.16. The molecule has 1 heterocycles. The Morgan fingerprint density at radius 2 is 2.36 bits per heavy atom. The molecular weight excluding hydrogens is 190 g/mol. The van der Waals surface area contributed by atoms with E-state index >= 15 is 0 Å². The number of benzene rings is 1. The van der Waals surface area contributed by atoms with Gasteiger partial charge in [-0.3, -0.25) is 0 Å². The maximum absolute atomic E-state index is 4.28. The summed E-state index contributed by atoms with van der Waals surface area (Å²) in [6, 6.07) is 8.43. The van der Waals surface area contributed by atoms with E-state index in [0.717, 1.165) is 11.4 Å². The van der Waals surface area contributed by atoms with Crippen LogP contribution in [-0.2, 0) is 6.42 Å². The zero-order valence-corrected chi connectivity index (χ0v) is 8.63. The predicted molar refractivity (Wildman–Crippen MR) is 61.5 cm³/mol. The van der Waals surface area contributed by atoms with Crippen LogP contribution in [-0.4, -0.2) is 4.98 Å². The van der Waals surface area contributed by atoms with Gasteiger partial charge in [0.1, 0.15) is 5.01 Å². The van der Waals surface area contributed by atoms with Crippen LogP contribution < -0.4 is 0 Å². The summed E-state index contributed by atoms with van der Waals surface area (Å²) in [7, 11) is 0. The van der Waals surface area contributed by atoms with Crippen LogP contribution in [0.4, 0.5) is 0 Å². The SMILES string of the molecule is C=CCc1cccc(-c2nccs2)c1. The van der Waals surface area contributed by atoms with Gasteiger partial charge < -0.3 is 0 Å². The van der Waals surface area contributed by atoms with Crippen LogP contribution in [0.15, 0.2) is 48.5 Å². The Kier molecular flexibility index (Phi) is 2.75. The fourth-order valence-corrected chi connectivity index (χ4v) is 2.00. The number of allylic oxidation sites excluding steroid dienone is 1. The summed E-state index contributed by atoms with van der Waals surface area (Å²) in [4.78, 5) is 4.28. The molecule has 0 aliphatic heterocycles. The normalized spacial score (nSPS) is 10.0. The Hall–Kier alpha value is -1.41. The maximum Gasteiger partial charge on any atom is 0.123 e. The standard InChI is InChI=1S/C12H11NS/c1-2-4-10-5-3-6-11(9-10)12-13-7-8-14-12/h2-3,5-9H,1,4H2. The molecule has 0 saturated carbocycles. The molecule has 1 aromatic carbocycles. The van der Waals surface area contributed by atoms with Crippen LogP contribution in [0.2, 0.25) is 0 Å². The van der Waals surface area contributed by atoms with E-state index in [1.54, 1.807) is 11.3 Å². The smallest absolute Gasteiger partial charge is 0.123 e. The number of hydrogen-bond acceptors (Lipinski definition) is 2. The fourth-order valence-electron chi connectivity index (χ4n) is 1.36. The van der Waals surface area contributed by atoms with E-state index in [2.05, 4.69) is 35.8 Å². The molecule has 0 atom stereocenters. The molecule has 0 saturated heterocycles. The van der Waals surface area contributed by atoms with E-state index in [4.69, 9.17) is 0 Å². The molecule has 70 valence electrons. The molecule has 0 N–H and O–H groups in total. The minimum Gasteiger partial charge on any atom is -0.245 e. The van der Waals surface area contributed by atoms with Crippen molar-refractivity contribution in [1.82, 2.24) is 4.98 Å². The topological polar surface area (TPSA) is 12.9 Å². The summed E-state index contributed by atoms with van der Waals surface area (Å²) in [6.07, 6.45) is 4.67. The molecule has 0 fully saturated rings. The molecule has 1 nitrogen and oxygen atoms in total. The molecule has 0 bridgehead atoms. The quantitative estimate of drug-likeness (QED) is 0.692. The second-order valence-corrected chi connectivity index (χ2v) is 3.93. The van der Waals surface area contributed by atoms with Crippen LogP contribution in [0.1, 0.15) is 5.56 Å². The number of rotatable bonds is 3. The minimum atomic E-state index is 0.916. The summed E-state index contributed by atoms with van der Waals surface area (Å²) < 4.78 is 0. The Morgan fingerprint density at radius 3 is 3.07 bits per heavy atom. The van der Waals surface area contributed by atoms with E-state index < -0.39 is 0 Å². The van der Waals surface area contributed by atoms with E-state index in [-0.39, 0.29) is 0 Å². The summed E-state index contributed by atoms with van der Waals surface area (Å²) >= 11 is 1.67. The van der Waals surface area contributed by atoms with Gasteiger partial charge in [-0.05, 0) is 18.1 Å². The van der Waals surface area contributed by atoms with Crippen LogP contribution in [0.3, 0.4) is 0 Å². The lowest BCUT2D eigenvalue weighted by Gasteiger charge is -1.99. The van der Waals surface area contributed by atoms with Crippen molar-refractivity contribution < 1.29 is 0 Å². The van der Waals surface area contributed by atoms with Crippen LogP contribution >= 0.6 is 11.3 Å². The maximum atomic E-state index is 4.28. The molecule has 1 aromatic heterocycles. The number of nitrogens with zero attached hydrogens (tertiary/aromatic N) is 1. The van der Waals surface area contributed by atoms with Crippen LogP contribution in [0.5, 0.6) is 0 Å². The monoisotopic (exact) mass is 201 g/mol. The highest BCUT2D eigenvalue weighted by Gasteiger charge is 1.99. The lowest BCUT2D eigenvalue weighted by molar-refractivity contribution is 1.27. The summed E-state index contributed by atoms with van der Waals surface area (Å²) in [5.41, 5.74) is 2.48. The Labute approximate surface area is 87.8 Å². The lowest BCUT2D eigenvalue weighted by atomic mass is 10.1. The zero-order chi connectivity index (χ0) is 9.80. The molecule has 0 unspecified atom stereocenters. The Balaban J connectivity index is 2.35. The van der Waals surface area contributed by atoms with Crippen molar-refractivity contribution >= 4 is 11.3 Å². The Bertz CT molecular complexity index is 418. The first-order valence-corrected chi connectivity index (χ1v) is 5.38. The van der Waals surface area contributed by atoms with Crippen LogP contribution in [0, 0.1) is 0 Å². The van der Waals surface area contributed by atoms with Gasteiger partial charge >= 0.3 is 0 Å². The third-order valence-corrected chi connectivity index (χ3v) is 2.81. The van der Waals surface area contributed by atoms with Gasteiger partial charge in [-0.1, -0.05) is 24.3 Å².